The summed E-state index contributed by atoms with van der Waals surface area (Å²) in [5.41, 5.74) is 4.69. The van der Waals surface area contributed by atoms with Crippen LogP contribution in [0.5, 0.6) is 17.2 Å². The molecule has 1 saturated carbocycles. The van der Waals surface area contributed by atoms with Gasteiger partial charge in [-0.3, -0.25) is 0 Å². The highest BCUT2D eigenvalue weighted by Gasteiger charge is 2.43. The van der Waals surface area contributed by atoms with Crippen LogP contribution in [-0.4, -0.2) is 52.9 Å². The number of halogens is 1. The van der Waals surface area contributed by atoms with Crippen molar-refractivity contribution in [1.82, 2.24) is 4.31 Å². The molecule has 8 nitrogen and oxygen atoms in total. The number of anilines is 1. The molecule has 1 spiro atoms. The van der Waals surface area contributed by atoms with E-state index >= 15 is 0 Å². The first kappa shape index (κ1) is 35.4. The first-order chi connectivity index (χ1) is 24.7. The number of nitrogens with zero attached hydrogens (tertiary/aromatic N) is 2. The summed E-state index contributed by atoms with van der Waals surface area (Å²) in [4.78, 5) is 14.1. The topological polar surface area (TPSA) is 85.4 Å². The van der Waals surface area contributed by atoms with Crippen molar-refractivity contribution in [2.24, 2.45) is 11.8 Å². The van der Waals surface area contributed by atoms with Gasteiger partial charge in [0.05, 0.1) is 31.4 Å². The summed E-state index contributed by atoms with van der Waals surface area (Å²) in [5.74, 6) is 2.76. The summed E-state index contributed by atoms with van der Waals surface area (Å²) in [6.45, 7) is 2.25. The highest BCUT2D eigenvalue weighted by atomic mass is 35.5. The number of sulfonamides is 1. The molecular formula is C41H45ClN2O6S. The lowest BCUT2D eigenvalue weighted by Crippen LogP contribution is -2.48. The van der Waals surface area contributed by atoms with Gasteiger partial charge in [-0.2, -0.15) is 4.31 Å². The van der Waals surface area contributed by atoms with E-state index < -0.39 is 10.0 Å². The Kier molecular flexibility index (Phi) is 10.3. The van der Waals surface area contributed by atoms with Crippen molar-refractivity contribution in [3.05, 3.63) is 112 Å². The molecule has 4 aromatic carbocycles. The quantitative estimate of drug-likeness (QED) is 0.138. The second kappa shape index (κ2) is 14.9. The van der Waals surface area contributed by atoms with E-state index in [-0.39, 0.29) is 23.4 Å². The van der Waals surface area contributed by atoms with Crippen LogP contribution in [0.1, 0.15) is 54.4 Å². The van der Waals surface area contributed by atoms with Crippen LogP contribution < -0.4 is 19.1 Å². The lowest BCUT2D eigenvalue weighted by Gasteiger charge is -2.44. The Labute approximate surface area is 306 Å². The molecule has 0 N–H and O–H groups in total. The van der Waals surface area contributed by atoms with E-state index in [1.165, 1.54) is 15.4 Å². The molecule has 3 aliphatic rings. The maximum Gasteiger partial charge on any atom is 0.243 e. The molecule has 268 valence electrons. The molecule has 4 aromatic rings. The third kappa shape index (κ3) is 7.34. The molecule has 0 aromatic heterocycles. The average Bonchev–Trinajstić information content (AvgIpc) is 3.29. The minimum Gasteiger partial charge on any atom is -0.497 e. The van der Waals surface area contributed by atoms with Crippen LogP contribution in [0.4, 0.5) is 5.69 Å². The predicted octanol–water partition coefficient (Wildman–Crippen LogP) is 7.84. The van der Waals surface area contributed by atoms with Gasteiger partial charge in [-0.25, -0.2) is 8.42 Å². The second-order valence-electron chi connectivity index (χ2n) is 14.2. The molecule has 0 unspecified atom stereocenters. The van der Waals surface area contributed by atoms with Crippen LogP contribution in [0.15, 0.2) is 89.8 Å². The fraction of sp³-hybridized carbons (Fsp3) is 0.390. The summed E-state index contributed by atoms with van der Waals surface area (Å²) in [5, 5.41) is 0.732. The number of aldehydes is 1. The van der Waals surface area contributed by atoms with Crippen molar-refractivity contribution >= 4 is 33.6 Å². The number of ether oxygens (including phenoxy) is 3. The molecule has 1 aliphatic heterocycles. The van der Waals surface area contributed by atoms with Gasteiger partial charge in [-0.05, 0) is 121 Å². The Balaban J connectivity index is 1.26. The van der Waals surface area contributed by atoms with E-state index in [0.717, 1.165) is 66.8 Å². The van der Waals surface area contributed by atoms with E-state index in [9.17, 15) is 13.2 Å². The van der Waals surface area contributed by atoms with Gasteiger partial charge in [0.2, 0.25) is 10.0 Å². The van der Waals surface area contributed by atoms with Crippen LogP contribution in [0, 0.1) is 11.8 Å². The van der Waals surface area contributed by atoms with Crippen molar-refractivity contribution in [3.63, 3.8) is 0 Å². The Morgan fingerprint density at radius 2 is 1.57 bits per heavy atom. The van der Waals surface area contributed by atoms with Crippen LogP contribution in [0.25, 0.3) is 0 Å². The Morgan fingerprint density at radius 1 is 0.902 bits per heavy atom. The normalized spacial score (nSPS) is 21.2. The number of fused-ring (bicyclic) bond motifs is 3. The standard InChI is InChI=1S/C41H45ClN2O6S/c1-48-35-12-5-29(6-13-35)24-44(25-30-7-14-36(49-2)15-8-30)51(46,47)37-16-18-40-39(23-37)43(26-33-10-9-31(33)19-21-45)27-41(28-50-40)20-3-4-32-22-34(42)11-17-38(32)41/h5-8,11-18,21-23,31,33H,3-4,9-10,19-20,24-28H2,1-2H3/t31-,33-,41-/m0/s1. The largest absolute Gasteiger partial charge is 0.497 e. The number of hydrogen-bond acceptors (Lipinski definition) is 7. The van der Waals surface area contributed by atoms with Crippen molar-refractivity contribution in [2.75, 3.05) is 38.8 Å². The number of aryl methyl sites for hydroxylation is 1. The minimum absolute atomic E-state index is 0.174. The van der Waals surface area contributed by atoms with Crippen LogP contribution in [0.2, 0.25) is 5.02 Å². The monoisotopic (exact) mass is 728 g/mol. The van der Waals surface area contributed by atoms with E-state index in [1.54, 1.807) is 26.4 Å². The number of rotatable bonds is 12. The number of methoxy groups -OCH3 is 2. The fourth-order valence-corrected chi connectivity index (χ4v) is 9.73. The Hall–Kier alpha value is -4.05. The number of hydrogen-bond donors (Lipinski definition) is 0. The molecule has 7 rings (SSSR count). The molecule has 2 aliphatic carbocycles. The fourth-order valence-electron chi connectivity index (χ4n) is 8.09. The predicted molar refractivity (Wildman–Crippen MR) is 200 cm³/mol. The zero-order valence-electron chi connectivity index (χ0n) is 29.2. The van der Waals surface area contributed by atoms with Crippen LogP contribution >= 0.6 is 11.6 Å². The maximum atomic E-state index is 14.7. The van der Waals surface area contributed by atoms with Gasteiger partial charge in [0, 0.05) is 43.0 Å². The van der Waals surface area contributed by atoms with Gasteiger partial charge in [-0.1, -0.05) is 41.9 Å². The first-order valence-corrected chi connectivity index (χ1v) is 19.5. The van der Waals surface area contributed by atoms with E-state index in [1.807, 2.05) is 60.7 Å². The van der Waals surface area contributed by atoms with Gasteiger partial charge in [0.25, 0.3) is 0 Å². The number of carbonyl (C=O) groups is 1. The lowest BCUT2D eigenvalue weighted by atomic mass is 9.69. The second-order valence-corrected chi connectivity index (χ2v) is 16.6. The van der Waals surface area contributed by atoms with Gasteiger partial charge in [0.1, 0.15) is 23.5 Å². The van der Waals surface area contributed by atoms with E-state index in [0.29, 0.717) is 48.7 Å². The van der Waals surface area contributed by atoms with Crippen LogP contribution in [-0.2, 0) is 39.7 Å². The van der Waals surface area contributed by atoms with Crippen LogP contribution in [0.3, 0.4) is 0 Å². The smallest absolute Gasteiger partial charge is 0.243 e. The Bertz CT molecular complexity index is 1920. The highest BCUT2D eigenvalue weighted by molar-refractivity contribution is 7.89. The SMILES string of the molecule is COc1ccc(CN(Cc2ccc(OC)cc2)S(=O)(=O)c2ccc3c(c2)N(C[C@@H]2CC[C@H]2CC=O)C[C@@]2(CCCc4cc(Cl)ccc42)CO3)cc1. The molecule has 0 radical (unpaired) electrons. The van der Waals surface area contributed by atoms with Crippen molar-refractivity contribution in [3.8, 4) is 17.2 Å². The zero-order chi connectivity index (χ0) is 35.6. The minimum atomic E-state index is -4.00. The zero-order valence-corrected chi connectivity index (χ0v) is 30.8. The molecule has 1 fully saturated rings. The summed E-state index contributed by atoms with van der Waals surface area (Å²) in [6.07, 6.45) is 6.60. The summed E-state index contributed by atoms with van der Waals surface area (Å²) < 4.78 is 48.4. The molecule has 51 heavy (non-hydrogen) atoms. The molecule has 10 heteroatoms. The molecule has 0 saturated heterocycles. The summed E-state index contributed by atoms with van der Waals surface area (Å²) >= 11 is 6.45. The summed E-state index contributed by atoms with van der Waals surface area (Å²) in [6, 6.07) is 26.4. The number of benzene rings is 4. The third-order valence-electron chi connectivity index (χ3n) is 11.1. The first-order valence-electron chi connectivity index (χ1n) is 17.7. The molecular weight excluding hydrogens is 684 g/mol. The van der Waals surface area contributed by atoms with Gasteiger partial charge in [-0.15, -0.1) is 0 Å². The van der Waals surface area contributed by atoms with E-state index in [2.05, 4.69) is 17.0 Å². The van der Waals surface area contributed by atoms with Gasteiger partial charge >= 0.3 is 0 Å². The average molecular weight is 729 g/mol. The molecule has 1 heterocycles. The van der Waals surface area contributed by atoms with Gasteiger partial charge < -0.3 is 23.9 Å². The third-order valence-corrected chi connectivity index (χ3v) is 13.1. The van der Waals surface area contributed by atoms with E-state index in [4.69, 9.17) is 25.8 Å². The summed E-state index contributed by atoms with van der Waals surface area (Å²) in [7, 11) is -0.777. The van der Waals surface area contributed by atoms with Crippen molar-refractivity contribution in [2.45, 2.75) is 61.9 Å². The van der Waals surface area contributed by atoms with Crippen molar-refractivity contribution < 1.29 is 27.4 Å². The number of carbonyl (C=O) groups excluding carboxylic acids is 1. The highest BCUT2D eigenvalue weighted by Crippen LogP contribution is 2.47. The van der Waals surface area contributed by atoms with Crippen molar-refractivity contribution in [1.29, 1.82) is 0 Å². The molecule has 0 bridgehead atoms. The maximum absolute atomic E-state index is 14.7. The van der Waals surface area contributed by atoms with Gasteiger partial charge in [0.15, 0.2) is 0 Å². The lowest BCUT2D eigenvalue weighted by molar-refractivity contribution is -0.109. The Morgan fingerprint density at radius 3 is 2.18 bits per heavy atom. The molecule has 0 amide bonds. The molecule has 3 atom stereocenters.